The van der Waals surface area contributed by atoms with Crippen molar-refractivity contribution >= 4 is 5.91 Å². The average Bonchev–Trinajstić information content (AvgIpc) is 2.72. The molecule has 2 N–H and O–H groups in total. The summed E-state index contributed by atoms with van der Waals surface area (Å²) < 4.78 is 6.91. The number of nitrogens with one attached hydrogen (secondary N) is 2. The highest BCUT2D eigenvalue weighted by Gasteiger charge is 2.21. The number of morpholine rings is 1. The van der Waals surface area contributed by atoms with E-state index in [1.54, 1.807) is 17.1 Å². The van der Waals surface area contributed by atoms with Crippen molar-refractivity contribution in [2.45, 2.75) is 6.10 Å². The smallest absolute Gasteiger partial charge is 0.269 e. The Morgan fingerprint density at radius 2 is 2.29 bits per heavy atom. The third-order valence-corrected chi connectivity index (χ3v) is 2.06. The first kappa shape index (κ1) is 9.23. The van der Waals surface area contributed by atoms with Crippen LogP contribution in [0.25, 0.3) is 0 Å². The first-order chi connectivity index (χ1) is 6.86. The molecule has 1 aliphatic rings. The van der Waals surface area contributed by atoms with Crippen LogP contribution in [0.4, 0.5) is 0 Å². The molecule has 1 fully saturated rings. The Morgan fingerprint density at radius 3 is 2.93 bits per heavy atom. The van der Waals surface area contributed by atoms with E-state index in [2.05, 4.69) is 10.7 Å². The van der Waals surface area contributed by atoms with Gasteiger partial charge in [0.25, 0.3) is 5.91 Å². The van der Waals surface area contributed by atoms with Gasteiger partial charge in [-0.1, -0.05) is 0 Å². The van der Waals surface area contributed by atoms with E-state index in [0.717, 1.165) is 6.54 Å². The summed E-state index contributed by atoms with van der Waals surface area (Å²) in [5.41, 5.74) is 2.70. The zero-order valence-corrected chi connectivity index (χ0v) is 7.77. The van der Waals surface area contributed by atoms with Crippen molar-refractivity contribution in [3.8, 4) is 0 Å². The second-order valence-electron chi connectivity index (χ2n) is 3.13. The largest absolute Gasteiger partial charge is 0.366 e. The van der Waals surface area contributed by atoms with Crippen molar-refractivity contribution < 1.29 is 9.53 Å². The van der Waals surface area contributed by atoms with E-state index < -0.39 is 0 Å². The predicted octanol–water partition coefficient (Wildman–Crippen LogP) is -0.453. The topological polar surface area (TPSA) is 55.3 Å². The van der Waals surface area contributed by atoms with Crippen LogP contribution in [0, 0.1) is 0 Å². The van der Waals surface area contributed by atoms with E-state index >= 15 is 0 Å². The predicted molar refractivity (Wildman–Crippen MR) is 51.4 cm³/mol. The Hall–Kier alpha value is -1.33. The molecule has 1 aromatic heterocycles. The van der Waals surface area contributed by atoms with Crippen molar-refractivity contribution in [1.29, 1.82) is 0 Å². The van der Waals surface area contributed by atoms with Gasteiger partial charge in [0.05, 0.1) is 6.61 Å². The lowest BCUT2D eigenvalue weighted by Crippen LogP contribution is -2.46. The Kier molecular flexibility index (Phi) is 2.81. The number of ether oxygens (including phenoxy) is 1. The number of carbonyl (C=O) groups excluding carboxylic acids is 1. The number of aromatic nitrogens is 1. The number of nitrogens with zero attached hydrogens (tertiary/aromatic N) is 1. The molecule has 0 radical (unpaired) electrons. The van der Waals surface area contributed by atoms with E-state index in [-0.39, 0.29) is 12.0 Å². The molecule has 0 aromatic carbocycles. The van der Waals surface area contributed by atoms with Crippen LogP contribution in [0.3, 0.4) is 0 Å². The minimum atomic E-state index is -0.383. The van der Waals surface area contributed by atoms with Gasteiger partial charge in [0.1, 0.15) is 6.10 Å². The number of hydrogen-bond acceptors (Lipinski definition) is 3. The van der Waals surface area contributed by atoms with Crippen LogP contribution in [-0.2, 0) is 9.53 Å². The highest BCUT2D eigenvalue weighted by Crippen LogP contribution is 1.97. The molecule has 0 aliphatic carbocycles. The van der Waals surface area contributed by atoms with Crippen molar-refractivity contribution in [3.63, 3.8) is 0 Å². The number of carbonyl (C=O) groups is 1. The lowest BCUT2D eigenvalue weighted by Gasteiger charge is -2.22. The monoisotopic (exact) mass is 195 g/mol. The summed E-state index contributed by atoms with van der Waals surface area (Å²) in [5, 5.41) is 3.10. The molecule has 2 rings (SSSR count). The molecule has 1 unspecified atom stereocenters. The fourth-order valence-electron chi connectivity index (χ4n) is 1.34. The second kappa shape index (κ2) is 4.26. The van der Waals surface area contributed by atoms with Crippen LogP contribution in [-0.4, -0.2) is 36.4 Å². The van der Waals surface area contributed by atoms with E-state index in [1.165, 1.54) is 0 Å². The van der Waals surface area contributed by atoms with Gasteiger partial charge in [-0.2, -0.15) is 0 Å². The van der Waals surface area contributed by atoms with Crippen molar-refractivity contribution in [3.05, 3.63) is 24.5 Å². The third-order valence-electron chi connectivity index (χ3n) is 2.06. The molecule has 1 aliphatic heterocycles. The Labute approximate surface area is 82.0 Å². The summed E-state index contributed by atoms with van der Waals surface area (Å²) in [4.78, 5) is 11.6. The van der Waals surface area contributed by atoms with Crippen LogP contribution in [0.15, 0.2) is 24.5 Å². The summed E-state index contributed by atoms with van der Waals surface area (Å²) >= 11 is 0. The highest BCUT2D eigenvalue weighted by atomic mass is 16.5. The summed E-state index contributed by atoms with van der Waals surface area (Å²) in [6.07, 6.45) is 3.16. The van der Waals surface area contributed by atoms with Crippen molar-refractivity contribution in [2.75, 3.05) is 25.1 Å². The summed E-state index contributed by atoms with van der Waals surface area (Å²) in [7, 11) is 0. The molecule has 1 aromatic rings. The SMILES string of the molecule is O=C(Nn1cccc1)C1CNCCO1. The minimum absolute atomic E-state index is 0.117. The summed E-state index contributed by atoms with van der Waals surface area (Å²) in [6.45, 7) is 1.98. The molecule has 1 atom stereocenters. The van der Waals surface area contributed by atoms with Gasteiger partial charge in [-0.15, -0.1) is 0 Å². The maximum absolute atomic E-state index is 11.6. The molecule has 14 heavy (non-hydrogen) atoms. The van der Waals surface area contributed by atoms with Crippen LogP contribution < -0.4 is 10.7 Å². The summed E-state index contributed by atoms with van der Waals surface area (Å²) in [5.74, 6) is -0.117. The molecule has 1 amide bonds. The average molecular weight is 195 g/mol. The number of amides is 1. The molecular formula is C9H13N3O2. The standard InChI is InChI=1S/C9H13N3O2/c13-9(8-7-10-3-6-14-8)11-12-4-1-2-5-12/h1-2,4-5,8,10H,3,6-7H2,(H,11,13). The van der Waals surface area contributed by atoms with E-state index in [4.69, 9.17) is 4.74 Å². The van der Waals surface area contributed by atoms with Gasteiger partial charge in [0.2, 0.25) is 0 Å². The molecule has 0 saturated carbocycles. The van der Waals surface area contributed by atoms with Crippen molar-refractivity contribution in [2.24, 2.45) is 0 Å². The lowest BCUT2D eigenvalue weighted by atomic mass is 10.3. The quantitative estimate of drug-likeness (QED) is 0.672. The highest BCUT2D eigenvalue weighted by molar-refractivity contribution is 5.88. The molecule has 0 spiro atoms. The molecule has 5 nitrogen and oxygen atoms in total. The Balaban J connectivity index is 1.88. The van der Waals surface area contributed by atoms with Gasteiger partial charge in [-0.05, 0) is 12.1 Å². The first-order valence-electron chi connectivity index (χ1n) is 4.62. The molecule has 2 heterocycles. The maximum atomic E-state index is 11.6. The van der Waals surface area contributed by atoms with Crippen LogP contribution >= 0.6 is 0 Å². The Morgan fingerprint density at radius 1 is 1.50 bits per heavy atom. The van der Waals surface area contributed by atoms with Crippen LogP contribution in [0.5, 0.6) is 0 Å². The summed E-state index contributed by atoms with van der Waals surface area (Å²) in [6, 6.07) is 3.69. The third kappa shape index (κ3) is 2.12. The fourth-order valence-corrected chi connectivity index (χ4v) is 1.34. The molecule has 1 saturated heterocycles. The van der Waals surface area contributed by atoms with Gasteiger partial charge in [-0.25, -0.2) is 0 Å². The van der Waals surface area contributed by atoms with E-state index in [1.807, 2.05) is 12.1 Å². The fraction of sp³-hybridized carbons (Fsp3) is 0.444. The van der Waals surface area contributed by atoms with Gasteiger partial charge in [0.15, 0.2) is 0 Å². The zero-order valence-electron chi connectivity index (χ0n) is 7.77. The van der Waals surface area contributed by atoms with E-state index in [9.17, 15) is 4.79 Å². The van der Waals surface area contributed by atoms with Gasteiger partial charge in [0, 0.05) is 25.5 Å². The second-order valence-corrected chi connectivity index (χ2v) is 3.13. The van der Waals surface area contributed by atoms with Crippen LogP contribution in [0.2, 0.25) is 0 Å². The molecule has 0 bridgehead atoms. The van der Waals surface area contributed by atoms with E-state index in [0.29, 0.717) is 13.2 Å². The van der Waals surface area contributed by atoms with Gasteiger partial charge in [-0.3, -0.25) is 14.9 Å². The van der Waals surface area contributed by atoms with Gasteiger partial charge >= 0.3 is 0 Å². The minimum Gasteiger partial charge on any atom is -0.366 e. The van der Waals surface area contributed by atoms with Crippen molar-refractivity contribution in [1.82, 2.24) is 9.99 Å². The molecular weight excluding hydrogens is 182 g/mol. The molecule has 76 valence electrons. The first-order valence-corrected chi connectivity index (χ1v) is 4.62. The maximum Gasteiger partial charge on any atom is 0.269 e. The molecule has 5 heteroatoms. The van der Waals surface area contributed by atoms with Crippen LogP contribution in [0.1, 0.15) is 0 Å². The normalized spacial score (nSPS) is 21.9. The Bertz CT molecular complexity index is 291. The lowest BCUT2D eigenvalue weighted by molar-refractivity contribution is -0.129. The number of rotatable bonds is 2. The zero-order chi connectivity index (χ0) is 9.80. The van der Waals surface area contributed by atoms with Gasteiger partial charge < -0.3 is 10.1 Å². The number of hydrogen-bond donors (Lipinski definition) is 2.